The molecule has 0 bridgehead atoms. The summed E-state index contributed by atoms with van der Waals surface area (Å²) in [6, 6.07) is 17.6. The molecule has 128 valence electrons. The van der Waals surface area contributed by atoms with Crippen LogP contribution in [0, 0.1) is 0 Å². The molecule has 0 unspecified atom stereocenters. The molecule has 0 saturated carbocycles. The van der Waals surface area contributed by atoms with Crippen molar-refractivity contribution in [3.8, 4) is 0 Å². The SMILES string of the molecule is CC1=C(C(N)=O)[C@H](c2ccccc2)N=C(SCc2ccc(Br)cc2)N1. The highest BCUT2D eigenvalue weighted by Gasteiger charge is 2.27. The highest BCUT2D eigenvalue weighted by atomic mass is 79.9. The van der Waals surface area contributed by atoms with E-state index in [0.29, 0.717) is 5.57 Å². The van der Waals surface area contributed by atoms with Crippen LogP contribution in [0.5, 0.6) is 0 Å². The molecule has 0 saturated heterocycles. The molecule has 6 heteroatoms. The number of nitrogens with zero attached hydrogens (tertiary/aromatic N) is 1. The standard InChI is InChI=1S/C19H18BrN3OS/c1-12-16(18(21)24)17(14-5-3-2-4-6-14)23-19(22-12)25-11-13-7-9-15(20)10-8-13/h2-10,17H,11H2,1H3,(H2,21,24)(H,22,23)/t17-/m0/s1. The minimum absolute atomic E-state index is 0.368. The average Bonchev–Trinajstić information content (AvgIpc) is 2.61. The monoisotopic (exact) mass is 415 g/mol. The lowest BCUT2D eigenvalue weighted by Gasteiger charge is -2.25. The zero-order valence-corrected chi connectivity index (χ0v) is 16.1. The fourth-order valence-electron chi connectivity index (χ4n) is 2.65. The quantitative estimate of drug-likeness (QED) is 0.787. The van der Waals surface area contributed by atoms with Gasteiger partial charge in [-0.1, -0.05) is 70.2 Å². The third kappa shape index (κ3) is 4.32. The predicted octanol–water partition coefficient (Wildman–Crippen LogP) is 4.14. The van der Waals surface area contributed by atoms with E-state index in [-0.39, 0.29) is 6.04 Å². The molecule has 1 aliphatic rings. The van der Waals surface area contributed by atoms with Gasteiger partial charge in [0, 0.05) is 15.9 Å². The second kappa shape index (κ2) is 7.89. The molecule has 1 heterocycles. The van der Waals surface area contributed by atoms with E-state index in [1.54, 1.807) is 11.8 Å². The van der Waals surface area contributed by atoms with Crippen molar-refractivity contribution in [2.24, 2.45) is 10.7 Å². The number of aliphatic imine (C=N–C) groups is 1. The minimum atomic E-state index is -0.445. The number of rotatable bonds is 4. The molecular weight excluding hydrogens is 398 g/mol. The molecule has 2 aromatic rings. The number of amides is 1. The summed E-state index contributed by atoms with van der Waals surface area (Å²) in [6.07, 6.45) is 0. The van der Waals surface area contributed by atoms with E-state index in [4.69, 9.17) is 10.7 Å². The first kappa shape index (κ1) is 17.8. The van der Waals surface area contributed by atoms with Crippen LogP contribution in [0.4, 0.5) is 0 Å². The Hall–Kier alpha value is -2.05. The van der Waals surface area contributed by atoms with Crippen LogP contribution in [0.25, 0.3) is 0 Å². The van der Waals surface area contributed by atoms with Gasteiger partial charge in [-0.2, -0.15) is 0 Å². The summed E-state index contributed by atoms with van der Waals surface area (Å²) >= 11 is 5.05. The first-order valence-corrected chi connectivity index (χ1v) is 9.60. The lowest BCUT2D eigenvalue weighted by Crippen LogP contribution is -2.32. The van der Waals surface area contributed by atoms with Crippen LogP contribution in [0.2, 0.25) is 0 Å². The van der Waals surface area contributed by atoms with Gasteiger partial charge in [0.1, 0.15) is 6.04 Å². The molecule has 0 aromatic heterocycles. The molecule has 3 rings (SSSR count). The van der Waals surface area contributed by atoms with E-state index >= 15 is 0 Å². The number of allylic oxidation sites excluding steroid dienone is 1. The topological polar surface area (TPSA) is 67.5 Å². The Bertz CT molecular complexity index is 832. The van der Waals surface area contributed by atoms with Crippen LogP contribution in [-0.4, -0.2) is 11.1 Å². The Morgan fingerprint density at radius 2 is 1.88 bits per heavy atom. The number of nitrogens with two attached hydrogens (primary N) is 1. The smallest absolute Gasteiger partial charge is 0.248 e. The maximum Gasteiger partial charge on any atom is 0.248 e. The Labute approximate surface area is 159 Å². The highest BCUT2D eigenvalue weighted by molar-refractivity contribution is 9.10. The van der Waals surface area contributed by atoms with Crippen LogP contribution >= 0.6 is 27.7 Å². The molecule has 0 fully saturated rings. The number of hydrogen-bond acceptors (Lipinski definition) is 4. The third-order valence-corrected chi connectivity index (χ3v) is 5.38. The number of nitrogens with one attached hydrogen (secondary N) is 1. The average molecular weight is 416 g/mol. The molecule has 3 N–H and O–H groups in total. The van der Waals surface area contributed by atoms with Crippen molar-refractivity contribution in [2.45, 2.75) is 18.7 Å². The van der Waals surface area contributed by atoms with Crippen molar-refractivity contribution in [3.05, 3.63) is 81.5 Å². The van der Waals surface area contributed by atoms with Crippen LogP contribution in [0.15, 0.2) is 75.3 Å². The number of amidine groups is 1. The van der Waals surface area contributed by atoms with Crippen LogP contribution in [-0.2, 0) is 10.5 Å². The maximum atomic E-state index is 11.9. The molecule has 0 aliphatic carbocycles. The molecule has 4 nitrogen and oxygen atoms in total. The lowest BCUT2D eigenvalue weighted by atomic mass is 9.96. The van der Waals surface area contributed by atoms with E-state index < -0.39 is 5.91 Å². The number of hydrogen-bond donors (Lipinski definition) is 2. The summed E-state index contributed by atoms with van der Waals surface area (Å²) in [7, 11) is 0. The number of benzene rings is 2. The van der Waals surface area contributed by atoms with Crippen molar-refractivity contribution in [1.82, 2.24) is 5.32 Å². The summed E-state index contributed by atoms with van der Waals surface area (Å²) in [6.45, 7) is 1.87. The van der Waals surface area contributed by atoms with Gasteiger partial charge in [-0.15, -0.1) is 0 Å². The summed E-state index contributed by atoms with van der Waals surface area (Å²) < 4.78 is 1.06. The van der Waals surface area contributed by atoms with Gasteiger partial charge in [0.2, 0.25) is 5.91 Å². The van der Waals surface area contributed by atoms with Gasteiger partial charge in [-0.3, -0.25) is 4.79 Å². The fraction of sp³-hybridized carbons (Fsp3) is 0.158. The van der Waals surface area contributed by atoms with Gasteiger partial charge >= 0.3 is 0 Å². The number of carbonyl (C=O) groups excluding carboxylic acids is 1. The molecule has 2 aromatic carbocycles. The van der Waals surface area contributed by atoms with Gasteiger partial charge < -0.3 is 11.1 Å². The maximum absolute atomic E-state index is 11.9. The summed E-state index contributed by atoms with van der Waals surface area (Å²) in [5.74, 6) is 0.347. The normalized spacial score (nSPS) is 17.0. The Morgan fingerprint density at radius 1 is 1.20 bits per heavy atom. The lowest BCUT2D eigenvalue weighted by molar-refractivity contribution is -0.114. The van der Waals surface area contributed by atoms with Crippen LogP contribution < -0.4 is 11.1 Å². The first-order valence-electron chi connectivity index (χ1n) is 7.82. The summed E-state index contributed by atoms with van der Waals surface area (Å²) in [5.41, 5.74) is 9.03. The van der Waals surface area contributed by atoms with Gasteiger partial charge in [0.05, 0.1) is 5.57 Å². The predicted molar refractivity (Wildman–Crippen MR) is 107 cm³/mol. The Balaban J connectivity index is 1.83. The first-order chi connectivity index (χ1) is 12.0. The van der Waals surface area contributed by atoms with Crippen LogP contribution in [0.3, 0.4) is 0 Å². The van der Waals surface area contributed by atoms with Gasteiger partial charge in [0.15, 0.2) is 5.17 Å². The van der Waals surface area contributed by atoms with E-state index in [0.717, 1.165) is 26.7 Å². The van der Waals surface area contributed by atoms with E-state index in [1.807, 2.05) is 49.4 Å². The third-order valence-electron chi connectivity index (χ3n) is 3.89. The van der Waals surface area contributed by atoms with Crippen molar-refractivity contribution >= 4 is 38.8 Å². The van der Waals surface area contributed by atoms with E-state index in [1.165, 1.54) is 5.56 Å². The second-order valence-electron chi connectivity index (χ2n) is 5.69. The largest absolute Gasteiger partial charge is 0.366 e. The summed E-state index contributed by atoms with van der Waals surface area (Å²) in [4.78, 5) is 16.6. The zero-order valence-electron chi connectivity index (χ0n) is 13.7. The Morgan fingerprint density at radius 3 is 2.52 bits per heavy atom. The number of primary amides is 1. The molecule has 25 heavy (non-hydrogen) atoms. The number of thioether (sulfide) groups is 1. The van der Waals surface area contributed by atoms with Crippen molar-refractivity contribution in [1.29, 1.82) is 0 Å². The molecule has 0 radical (unpaired) electrons. The number of halogens is 1. The van der Waals surface area contributed by atoms with Gasteiger partial charge in [-0.25, -0.2) is 4.99 Å². The van der Waals surface area contributed by atoms with Crippen molar-refractivity contribution < 1.29 is 4.79 Å². The van der Waals surface area contributed by atoms with Gasteiger partial charge in [-0.05, 0) is 30.2 Å². The molecular formula is C19H18BrN3OS. The fourth-order valence-corrected chi connectivity index (χ4v) is 3.81. The molecule has 0 spiro atoms. The highest BCUT2D eigenvalue weighted by Crippen LogP contribution is 2.32. The Kier molecular flexibility index (Phi) is 5.60. The summed E-state index contributed by atoms with van der Waals surface area (Å²) in [5, 5.41) is 4.00. The van der Waals surface area contributed by atoms with Crippen LogP contribution in [0.1, 0.15) is 24.1 Å². The van der Waals surface area contributed by atoms with Crippen molar-refractivity contribution in [2.75, 3.05) is 0 Å². The minimum Gasteiger partial charge on any atom is -0.366 e. The molecule has 1 amide bonds. The van der Waals surface area contributed by atoms with E-state index in [9.17, 15) is 4.79 Å². The molecule has 1 aliphatic heterocycles. The van der Waals surface area contributed by atoms with E-state index in [2.05, 4.69) is 33.4 Å². The zero-order chi connectivity index (χ0) is 17.8. The molecule has 1 atom stereocenters. The number of carbonyl (C=O) groups is 1. The van der Waals surface area contributed by atoms with Gasteiger partial charge in [0.25, 0.3) is 0 Å². The second-order valence-corrected chi connectivity index (χ2v) is 7.57. The van der Waals surface area contributed by atoms with Crippen molar-refractivity contribution in [3.63, 3.8) is 0 Å².